The molecule has 0 aliphatic carbocycles. The van der Waals surface area contributed by atoms with Gasteiger partial charge in [-0.15, -0.1) is 0 Å². The summed E-state index contributed by atoms with van der Waals surface area (Å²) in [5.74, 6) is 1.20. The van der Waals surface area contributed by atoms with Crippen LogP contribution in [0.5, 0.6) is 23.0 Å². The maximum Gasteiger partial charge on any atom is 0.304 e. The molecule has 6 nitrogen and oxygen atoms in total. The van der Waals surface area contributed by atoms with Gasteiger partial charge in [0.1, 0.15) is 11.5 Å². The minimum absolute atomic E-state index is 0.0671. The maximum absolute atomic E-state index is 11.4. The number of carboxylic acid groups (broad SMARTS) is 1. The number of benzene rings is 2. The molecular formula is C18H18O6. The standard InChI is InChI=1S/C18H18O6/c1-21-12-5-3-11(4-6-12)13(8-18(19)20)14-7-16-17(24-10-23-16)9-15(14)22-2/h3-7,9,13H,8,10H2,1-2H3,(H,19,20)/t13-/m0/s1. The molecule has 0 radical (unpaired) electrons. The highest BCUT2D eigenvalue weighted by atomic mass is 16.7. The van der Waals surface area contributed by atoms with Crippen LogP contribution in [-0.4, -0.2) is 32.1 Å². The van der Waals surface area contributed by atoms with E-state index in [1.165, 1.54) is 0 Å². The van der Waals surface area contributed by atoms with E-state index in [-0.39, 0.29) is 19.1 Å². The molecule has 1 aliphatic rings. The van der Waals surface area contributed by atoms with E-state index in [4.69, 9.17) is 18.9 Å². The highest BCUT2D eigenvalue weighted by Gasteiger charge is 2.26. The molecule has 1 heterocycles. The molecule has 0 amide bonds. The molecule has 3 rings (SSSR count). The Kier molecular flexibility index (Phi) is 4.46. The van der Waals surface area contributed by atoms with E-state index in [1.807, 2.05) is 24.3 Å². The minimum atomic E-state index is -0.893. The Morgan fingerprint density at radius 2 is 1.79 bits per heavy atom. The van der Waals surface area contributed by atoms with Gasteiger partial charge in [-0.3, -0.25) is 4.79 Å². The number of fused-ring (bicyclic) bond motifs is 1. The third-order valence-corrected chi connectivity index (χ3v) is 4.00. The van der Waals surface area contributed by atoms with Gasteiger partial charge in [-0.1, -0.05) is 12.1 Å². The monoisotopic (exact) mass is 330 g/mol. The summed E-state index contributed by atoms with van der Waals surface area (Å²) in [5.41, 5.74) is 1.60. The molecule has 0 saturated heterocycles. The van der Waals surface area contributed by atoms with Crippen molar-refractivity contribution in [1.82, 2.24) is 0 Å². The lowest BCUT2D eigenvalue weighted by molar-refractivity contribution is -0.137. The lowest BCUT2D eigenvalue weighted by Crippen LogP contribution is -2.09. The fourth-order valence-electron chi connectivity index (χ4n) is 2.81. The molecular weight excluding hydrogens is 312 g/mol. The lowest BCUT2D eigenvalue weighted by Gasteiger charge is -2.20. The largest absolute Gasteiger partial charge is 0.497 e. The summed E-state index contributed by atoms with van der Waals surface area (Å²) < 4.78 is 21.4. The minimum Gasteiger partial charge on any atom is -0.497 e. The molecule has 1 aliphatic heterocycles. The second-order valence-corrected chi connectivity index (χ2v) is 5.37. The Morgan fingerprint density at radius 1 is 1.12 bits per heavy atom. The Morgan fingerprint density at radius 3 is 2.38 bits per heavy atom. The molecule has 6 heteroatoms. The van der Waals surface area contributed by atoms with Gasteiger partial charge in [0.25, 0.3) is 0 Å². The zero-order valence-electron chi connectivity index (χ0n) is 13.4. The summed E-state index contributed by atoms with van der Waals surface area (Å²) in [5, 5.41) is 9.34. The first-order valence-electron chi connectivity index (χ1n) is 7.45. The first kappa shape index (κ1) is 16.0. The van der Waals surface area contributed by atoms with Crippen LogP contribution in [0.3, 0.4) is 0 Å². The van der Waals surface area contributed by atoms with Crippen molar-refractivity contribution in [2.75, 3.05) is 21.0 Å². The predicted molar refractivity (Wildman–Crippen MR) is 86.2 cm³/mol. The summed E-state index contributed by atoms with van der Waals surface area (Å²) in [7, 11) is 3.14. The summed E-state index contributed by atoms with van der Waals surface area (Å²) in [6.45, 7) is 0.147. The van der Waals surface area contributed by atoms with Crippen molar-refractivity contribution in [1.29, 1.82) is 0 Å². The topological polar surface area (TPSA) is 74.2 Å². The van der Waals surface area contributed by atoms with Crippen LogP contribution in [0.4, 0.5) is 0 Å². The number of ether oxygens (including phenoxy) is 4. The van der Waals surface area contributed by atoms with Crippen molar-refractivity contribution < 1.29 is 28.8 Å². The number of hydrogen-bond acceptors (Lipinski definition) is 5. The zero-order chi connectivity index (χ0) is 17.1. The average molecular weight is 330 g/mol. The number of carbonyl (C=O) groups is 1. The van der Waals surface area contributed by atoms with Crippen LogP contribution < -0.4 is 18.9 Å². The quantitative estimate of drug-likeness (QED) is 0.877. The molecule has 0 saturated carbocycles. The van der Waals surface area contributed by atoms with Crippen molar-refractivity contribution in [3.8, 4) is 23.0 Å². The van der Waals surface area contributed by atoms with Crippen molar-refractivity contribution in [2.45, 2.75) is 12.3 Å². The molecule has 0 fully saturated rings. The number of methoxy groups -OCH3 is 2. The van der Waals surface area contributed by atoms with Crippen LogP contribution in [0.25, 0.3) is 0 Å². The Balaban J connectivity index is 2.06. The third kappa shape index (κ3) is 3.08. The highest BCUT2D eigenvalue weighted by molar-refractivity contribution is 5.70. The molecule has 0 bridgehead atoms. The highest BCUT2D eigenvalue weighted by Crippen LogP contribution is 2.43. The van der Waals surface area contributed by atoms with E-state index in [9.17, 15) is 9.90 Å². The van der Waals surface area contributed by atoms with Gasteiger partial charge in [0.2, 0.25) is 6.79 Å². The molecule has 0 unspecified atom stereocenters. The van der Waals surface area contributed by atoms with Gasteiger partial charge >= 0.3 is 5.97 Å². The molecule has 1 atom stereocenters. The molecule has 0 aromatic heterocycles. The summed E-state index contributed by atoms with van der Waals surface area (Å²) >= 11 is 0. The number of carboxylic acids is 1. The third-order valence-electron chi connectivity index (χ3n) is 4.00. The summed E-state index contributed by atoms with van der Waals surface area (Å²) in [6.07, 6.45) is -0.0671. The van der Waals surface area contributed by atoms with Crippen LogP contribution >= 0.6 is 0 Å². The van der Waals surface area contributed by atoms with Gasteiger partial charge < -0.3 is 24.1 Å². The predicted octanol–water partition coefficient (Wildman–Crippen LogP) is 3.04. The van der Waals surface area contributed by atoms with E-state index in [1.54, 1.807) is 26.4 Å². The molecule has 24 heavy (non-hydrogen) atoms. The summed E-state index contributed by atoms with van der Waals surface area (Å²) in [4.78, 5) is 11.4. The van der Waals surface area contributed by atoms with E-state index in [2.05, 4.69) is 0 Å². The first-order valence-corrected chi connectivity index (χ1v) is 7.45. The molecule has 0 spiro atoms. The van der Waals surface area contributed by atoms with Crippen LogP contribution in [0.2, 0.25) is 0 Å². The Bertz CT molecular complexity index is 738. The second kappa shape index (κ2) is 6.70. The maximum atomic E-state index is 11.4. The fourth-order valence-corrected chi connectivity index (χ4v) is 2.81. The molecule has 1 N–H and O–H groups in total. The van der Waals surface area contributed by atoms with Crippen molar-refractivity contribution in [3.63, 3.8) is 0 Å². The average Bonchev–Trinajstić information content (AvgIpc) is 3.06. The molecule has 2 aromatic carbocycles. The Hall–Kier alpha value is -2.89. The first-order chi connectivity index (χ1) is 11.6. The molecule has 126 valence electrons. The number of rotatable bonds is 6. The van der Waals surface area contributed by atoms with Crippen LogP contribution in [-0.2, 0) is 4.79 Å². The SMILES string of the molecule is COc1ccc([C@H](CC(=O)O)c2cc3c(cc2OC)OCO3)cc1. The van der Waals surface area contributed by atoms with E-state index >= 15 is 0 Å². The second-order valence-electron chi connectivity index (χ2n) is 5.37. The number of aliphatic carboxylic acids is 1. The van der Waals surface area contributed by atoms with Gasteiger partial charge in [0.05, 0.1) is 20.6 Å². The van der Waals surface area contributed by atoms with Crippen LogP contribution in [0, 0.1) is 0 Å². The zero-order valence-corrected chi connectivity index (χ0v) is 13.4. The van der Waals surface area contributed by atoms with Crippen LogP contribution in [0.15, 0.2) is 36.4 Å². The van der Waals surface area contributed by atoms with Gasteiger partial charge in [-0.25, -0.2) is 0 Å². The van der Waals surface area contributed by atoms with Gasteiger partial charge in [0, 0.05) is 17.5 Å². The van der Waals surface area contributed by atoms with Gasteiger partial charge in [-0.2, -0.15) is 0 Å². The normalized spacial score (nSPS) is 13.4. The van der Waals surface area contributed by atoms with E-state index in [0.29, 0.717) is 23.0 Å². The van der Waals surface area contributed by atoms with Gasteiger partial charge in [-0.05, 0) is 23.8 Å². The fraction of sp³-hybridized carbons (Fsp3) is 0.278. The van der Waals surface area contributed by atoms with Crippen molar-refractivity contribution >= 4 is 5.97 Å². The van der Waals surface area contributed by atoms with Gasteiger partial charge in [0.15, 0.2) is 11.5 Å². The van der Waals surface area contributed by atoms with E-state index in [0.717, 1.165) is 11.1 Å². The van der Waals surface area contributed by atoms with E-state index < -0.39 is 5.97 Å². The lowest BCUT2D eigenvalue weighted by atomic mass is 9.87. The summed E-state index contributed by atoms with van der Waals surface area (Å²) in [6, 6.07) is 10.9. The Labute approximate surface area is 139 Å². The van der Waals surface area contributed by atoms with Crippen molar-refractivity contribution in [3.05, 3.63) is 47.5 Å². The van der Waals surface area contributed by atoms with Crippen LogP contribution in [0.1, 0.15) is 23.5 Å². The smallest absolute Gasteiger partial charge is 0.304 e. The van der Waals surface area contributed by atoms with Crippen molar-refractivity contribution in [2.24, 2.45) is 0 Å². The molecule has 2 aromatic rings. The number of hydrogen-bond donors (Lipinski definition) is 1.